The van der Waals surface area contributed by atoms with Gasteiger partial charge in [-0.15, -0.1) is 5.10 Å². The Balaban J connectivity index is 2.24. The molecule has 0 bridgehead atoms. The van der Waals surface area contributed by atoms with Gasteiger partial charge in [0.05, 0.1) is 17.8 Å². The van der Waals surface area contributed by atoms with Gasteiger partial charge in [0, 0.05) is 31.1 Å². The number of unbranched alkanes of at least 4 members (excludes halogenated alkanes) is 1. The van der Waals surface area contributed by atoms with Crippen molar-refractivity contribution < 1.29 is 9.53 Å². The summed E-state index contributed by atoms with van der Waals surface area (Å²) in [4.78, 5) is 11.7. The highest BCUT2D eigenvalue weighted by Gasteiger charge is 2.20. The highest BCUT2D eigenvalue weighted by molar-refractivity contribution is 5.99. The molecule has 0 saturated carbocycles. The Kier molecular flexibility index (Phi) is 11.4. The highest BCUT2D eigenvalue weighted by Crippen LogP contribution is 2.14. The van der Waals surface area contributed by atoms with Gasteiger partial charge in [0.1, 0.15) is 0 Å². The molecule has 29 heavy (non-hydrogen) atoms. The lowest BCUT2D eigenvalue weighted by atomic mass is 10.1. The van der Waals surface area contributed by atoms with Gasteiger partial charge in [-0.2, -0.15) is 0 Å². The van der Waals surface area contributed by atoms with Crippen molar-refractivity contribution in [1.29, 1.82) is 5.41 Å². The molecule has 1 amide bonds. The van der Waals surface area contributed by atoms with E-state index in [4.69, 9.17) is 10.1 Å². The SMILES string of the molecule is CCCC(=N)/C=C/C(=O)NCCCCc1cn(CC(C)(C)OCCC(C)C)nn1. The molecular weight excluding hydrogens is 366 g/mol. The van der Waals surface area contributed by atoms with Gasteiger partial charge in [-0.1, -0.05) is 32.4 Å². The normalized spacial score (nSPS) is 12.1. The number of nitrogens with one attached hydrogen (secondary N) is 2. The molecule has 0 aliphatic carbocycles. The molecule has 0 atom stereocenters. The Bertz CT molecular complexity index is 649. The highest BCUT2D eigenvalue weighted by atomic mass is 16.5. The summed E-state index contributed by atoms with van der Waals surface area (Å²) in [6, 6.07) is 0. The van der Waals surface area contributed by atoms with Crippen molar-refractivity contribution in [1.82, 2.24) is 20.3 Å². The lowest BCUT2D eigenvalue weighted by Gasteiger charge is -2.25. The summed E-state index contributed by atoms with van der Waals surface area (Å²) in [6.45, 7) is 12.6. The van der Waals surface area contributed by atoms with Crippen LogP contribution in [0.25, 0.3) is 0 Å². The second-order valence-electron chi connectivity index (χ2n) is 8.55. The molecule has 0 radical (unpaired) electrons. The first-order chi connectivity index (χ1) is 13.7. The number of amides is 1. The predicted octanol–water partition coefficient (Wildman–Crippen LogP) is 3.93. The fourth-order valence-corrected chi connectivity index (χ4v) is 2.77. The van der Waals surface area contributed by atoms with E-state index < -0.39 is 0 Å². The first-order valence-corrected chi connectivity index (χ1v) is 10.8. The Morgan fingerprint density at radius 3 is 2.79 bits per heavy atom. The van der Waals surface area contributed by atoms with E-state index in [0.717, 1.165) is 44.4 Å². The van der Waals surface area contributed by atoms with Gasteiger partial charge >= 0.3 is 0 Å². The third-order valence-corrected chi connectivity index (χ3v) is 4.43. The molecule has 7 heteroatoms. The Morgan fingerprint density at radius 2 is 2.10 bits per heavy atom. The number of allylic oxidation sites excluding steroid dienone is 1. The largest absolute Gasteiger partial charge is 0.374 e. The van der Waals surface area contributed by atoms with Crippen LogP contribution in [0, 0.1) is 11.3 Å². The van der Waals surface area contributed by atoms with Crippen LogP contribution in [0.2, 0.25) is 0 Å². The van der Waals surface area contributed by atoms with Crippen molar-refractivity contribution in [3.05, 3.63) is 24.0 Å². The van der Waals surface area contributed by atoms with E-state index in [1.165, 1.54) is 6.08 Å². The number of carbonyl (C=O) groups is 1. The minimum Gasteiger partial charge on any atom is -0.374 e. The van der Waals surface area contributed by atoms with E-state index in [0.29, 0.717) is 31.1 Å². The summed E-state index contributed by atoms with van der Waals surface area (Å²) >= 11 is 0. The fourth-order valence-electron chi connectivity index (χ4n) is 2.77. The van der Waals surface area contributed by atoms with Crippen molar-refractivity contribution in [2.24, 2.45) is 5.92 Å². The standard InChI is InChI=1S/C22H39N5O2/c1-6-9-19(23)11-12-21(28)24-14-8-7-10-20-16-27(26-25-20)17-22(4,5)29-15-13-18(2)3/h11-12,16,18,23H,6-10,13-15,17H2,1-5H3,(H,24,28)/b12-11+,23-19?. The molecule has 0 aromatic carbocycles. The second kappa shape index (κ2) is 13.2. The summed E-state index contributed by atoms with van der Waals surface area (Å²) in [5.74, 6) is 0.496. The average molecular weight is 406 g/mol. The van der Waals surface area contributed by atoms with Gasteiger partial charge in [0.15, 0.2) is 0 Å². The van der Waals surface area contributed by atoms with Gasteiger partial charge in [-0.05, 0) is 57.9 Å². The van der Waals surface area contributed by atoms with Gasteiger partial charge in [-0.25, -0.2) is 4.68 Å². The van der Waals surface area contributed by atoms with Crippen LogP contribution in [-0.2, 0) is 22.5 Å². The van der Waals surface area contributed by atoms with Crippen molar-refractivity contribution in [3.63, 3.8) is 0 Å². The number of carbonyl (C=O) groups excluding carboxylic acids is 1. The summed E-state index contributed by atoms with van der Waals surface area (Å²) in [5.41, 5.74) is 1.17. The number of rotatable bonds is 15. The molecule has 1 aromatic heterocycles. The van der Waals surface area contributed by atoms with Gasteiger partial charge in [0.2, 0.25) is 5.91 Å². The van der Waals surface area contributed by atoms with Crippen LogP contribution in [-0.4, -0.2) is 45.4 Å². The molecule has 0 aliphatic heterocycles. The van der Waals surface area contributed by atoms with Crippen LogP contribution in [0.4, 0.5) is 0 Å². The molecule has 0 saturated heterocycles. The number of nitrogens with zero attached hydrogens (tertiary/aromatic N) is 3. The first-order valence-electron chi connectivity index (χ1n) is 10.8. The lowest BCUT2D eigenvalue weighted by molar-refractivity contribution is -0.116. The van der Waals surface area contributed by atoms with Crippen LogP contribution in [0.1, 0.15) is 72.4 Å². The summed E-state index contributed by atoms with van der Waals surface area (Å²) < 4.78 is 7.84. The van der Waals surface area contributed by atoms with Gasteiger partial charge in [-0.3, -0.25) is 4.79 Å². The number of aryl methyl sites for hydroxylation is 1. The number of ether oxygens (including phenoxy) is 1. The Morgan fingerprint density at radius 1 is 1.34 bits per heavy atom. The zero-order valence-electron chi connectivity index (χ0n) is 18.8. The lowest BCUT2D eigenvalue weighted by Crippen LogP contribution is -2.31. The van der Waals surface area contributed by atoms with E-state index in [9.17, 15) is 4.79 Å². The zero-order valence-corrected chi connectivity index (χ0v) is 18.8. The Labute approximate surface area is 175 Å². The zero-order chi connectivity index (χ0) is 21.7. The van der Waals surface area contributed by atoms with Crippen molar-refractivity contribution >= 4 is 11.6 Å². The molecular formula is C22H39N5O2. The average Bonchev–Trinajstić information content (AvgIpc) is 3.05. The van der Waals surface area contributed by atoms with E-state index in [1.807, 2.05) is 17.8 Å². The van der Waals surface area contributed by atoms with Gasteiger partial charge in [0.25, 0.3) is 0 Å². The monoisotopic (exact) mass is 405 g/mol. The summed E-state index contributed by atoms with van der Waals surface area (Å²) in [6.07, 6.45) is 10.3. The van der Waals surface area contributed by atoms with E-state index in [1.54, 1.807) is 6.08 Å². The summed E-state index contributed by atoms with van der Waals surface area (Å²) in [7, 11) is 0. The first kappa shape index (κ1) is 25.0. The topological polar surface area (TPSA) is 92.9 Å². The van der Waals surface area contributed by atoms with Gasteiger partial charge < -0.3 is 15.5 Å². The third kappa shape index (κ3) is 12.2. The maximum atomic E-state index is 11.7. The molecule has 7 nitrogen and oxygen atoms in total. The molecule has 1 heterocycles. The number of aromatic nitrogens is 3. The molecule has 1 rings (SSSR count). The molecule has 2 N–H and O–H groups in total. The number of hydrogen-bond donors (Lipinski definition) is 2. The molecule has 1 aromatic rings. The number of hydrogen-bond acceptors (Lipinski definition) is 5. The maximum absolute atomic E-state index is 11.7. The second-order valence-corrected chi connectivity index (χ2v) is 8.55. The van der Waals surface area contributed by atoms with E-state index in [2.05, 4.69) is 43.3 Å². The minimum absolute atomic E-state index is 0.142. The van der Waals surface area contributed by atoms with Crippen LogP contribution in [0.15, 0.2) is 18.3 Å². The van der Waals surface area contributed by atoms with E-state index in [-0.39, 0.29) is 11.5 Å². The van der Waals surface area contributed by atoms with Crippen LogP contribution >= 0.6 is 0 Å². The quantitative estimate of drug-likeness (QED) is 0.263. The van der Waals surface area contributed by atoms with Crippen LogP contribution < -0.4 is 5.32 Å². The molecule has 0 aliphatic rings. The minimum atomic E-state index is -0.273. The molecule has 0 spiro atoms. The molecule has 0 fully saturated rings. The predicted molar refractivity (Wildman–Crippen MR) is 117 cm³/mol. The summed E-state index contributed by atoms with van der Waals surface area (Å²) in [5, 5.41) is 18.9. The fraction of sp³-hybridized carbons (Fsp3) is 0.727. The molecule has 0 unspecified atom stereocenters. The smallest absolute Gasteiger partial charge is 0.244 e. The van der Waals surface area contributed by atoms with Crippen molar-refractivity contribution in [3.8, 4) is 0 Å². The van der Waals surface area contributed by atoms with Crippen molar-refractivity contribution in [2.45, 2.75) is 85.3 Å². The molecule has 164 valence electrons. The third-order valence-electron chi connectivity index (χ3n) is 4.43. The van der Waals surface area contributed by atoms with Crippen LogP contribution in [0.3, 0.4) is 0 Å². The maximum Gasteiger partial charge on any atom is 0.244 e. The van der Waals surface area contributed by atoms with Crippen LogP contribution in [0.5, 0.6) is 0 Å². The Hall–Kier alpha value is -2.02. The van der Waals surface area contributed by atoms with Crippen molar-refractivity contribution in [2.75, 3.05) is 13.2 Å². The van der Waals surface area contributed by atoms with E-state index >= 15 is 0 Å².